The first-order valence-corrected chi connectivity index (χ1v) is 6.87. The van der Waals surface area contributed by atoms with Gasteiger partial charge in [-0.05, 0) is 46.8 Å². The van der Waals surface area contributed by atoms with Gasteiger partial charge in [-0.25, -0.2) is 4.79 Å². The van der Waals surface area contributed by atoms with Crippen molar-refractivity contribution >= 4 is 6.09 Å². The van der Waals surface area contributed by atoms with Crippen molar-refractivity contribution in [3.8, 4) is 5.75 Å². The van der Waals surface area contributed by atoms with Gasteiger partial charge in [0.05, 0.1) is 11.6 Å². The predicted octanol–water partition coefficient (Wildman–Crippen LogP) is 2.78. The van der Waals surface area contributed by atoms with E-state index in [1.165, 1.54) is 0 Å². The van der Waals surface area contributed by atoms with E-state index >= 15 is 0 Å². The SMILES string of the molecule is Cc1ccc2c(n1)[C@H](CNC(=O)OC(C)(C)C)[C@@H](C)O2. The number of nitrogens with zero attached hydrogens (tertiary/aromatic N) is 1. The second-order valence-electron chi connectivity index (χ2n) is 6.15. The molecule has 2 rings (SSSR count). The fraction of sp³-hybridized carbons (Fsp3) is 0.600. The molecule has 0 bridgehead atoms. The minimum absolute atomic E-state index is 0.00534. The predicted molar refractivity (Wildman–Crippen MR) is 76.0 cm³/mol. The van der Waals surface area contributed by atoms with Crippen molar-refractivity contribution in [3.05, 3.63) is 23.5 Å². The van der Waals surface area contributed by atoms with Crippen LogP contribution in [0, 0.1) is 6.92 Å². The van der Waals surface area contributed by atoms with E-state index in [-0.39, 0.29) is 12.0 Å². The molecule has 2 atom stereocenters. The second kappa shape index (κ2) is 5.31. The van der Waals surface area contributed by atoms with E-state index in [4.69, 9.17) is 9.47 Å². The standard InChI is InChI=1S/C15H22N2O3/c1-9-6-7-12-13(17-9)11(10(2)19-12)8-16-14(18)20-15(3,4)5/h6-7,10-11H,8H2,1-5H3,(H,16,18)/t10-,11-/m1/s1. The van der Waals surface area contributed by atoms with Crippen LogP contribution < -0.4 is 10.1 Å². The van der Waals surface area contributed by atoms with Crippen LogP contribution in [0.1, 0.15) is 45.0 Å². The number of aromatic nitrogens is 1. The monoisotopic (exact) mass is 278 g/mol. The number of aryl methyl sites for hydroxylation is 1. The van der Waals surface area contributed by atoms with E-state index in [2.05, 4.69) is 10.3 Å². The Morgan fingerprint density at radius 3 is 2.80 bits per heavy atom. The maximum absolute atomic E-state index is 11.7. The first-order chi connectivity index (χ1) is 9.26. The Kier molecular flexibility index (Phi) is 3.88. The molecule has 5 heteroatoms. The van der Waals surface area contributed by atoms with Gasteiger partial charge in [-0.3, -0.25) is 4.98 Å². The molecule has 1 N–H and O–H groups in total. The maximum Gasteiger partial charge on any atom is 0.407 e. The van der Waals surface area contributed by atoms with Gasteiger partial charge in [0.2, 0.25) is 0 Å². The summed E-state index contributed by atoms with van der Waals surface area (Å²) in [6.07, 6.45) is -0.417. The van der Waals surface area contributed by atoms with E-state index in [1.807, 2.05) is 46.8 Å². The highest BCUT2D eigenvalue weighted by Gasteiger charge is 2.33. The number of nitrogens with one attached hydrogen (secondary N) is 1. The van der Waals surface area contributed by atoms with Crippen molar-refractivity contribution in [2.45, 2.75) is 52.2 Å². The van der Waals surface area contributed by atoms with Crippen molar-refractivity contribution in [1.29, 1.82) is 0 Å². The zero-order valence-corrected chi connectivity index (χ0v) is 12.7. The fourth-order valence-electron chi connectivity index (χ4n) is 2.20. The van der Waals surface area contributed by atoms with Gasteiger partial charge in [-0.2, -0.15) is 0 Å². The summed E-state index contributed by atoms with van der Waals surface area (Å²) in [7, 11) is 0. The van der Waals surface area contributed by atoms with Crippen LogP contribution in [0.5, 0.6) is 5.75 Å². The van der Waals surface area contributed by atoms with Gasteiger partial charge in [0.25, 0.3) is 0 Å². The zero-order chi connectivity index (χ0) is 14.9. The van der Waals surface area contributed by atoms with Gasteiger partial charge < -0.3 is 14.8 Å². The molecular formula is C15H22N2O3. The minimum Gasteiger partial charge on any atom is -0.488 e. The van der Waals surface area contributed by atoms with E-state index in [0.717, 1.165) is 17.1 Å². The minimum atomic E-state index is -0.491. The molecule has 110 valence electrons. The third-order valence-electron chi connectivity index (χ3n) is 3.12. The molecule has 1 aliphatic rings. The normalized spacial score (nSPS) is 21.1. The Balaban J connectivity index is 2.01. The van der Waals surface area contributed by atoms with Crippen molar-refractivity contribution in [3.63, 3.8) is 0 Å². The van der Waals surface area contributed by atoms with Crippen molar-refractivity contribution in [2.75, 3.05) is 6.54 Å². The van der Waals surface area contributed by atoms with Crippen LogP contribution in [0.4, 0.5) is 4.79 Å². The van der Waals surface area contributed by atoms with Crippen LogP contribution in [-0.4, -0.2) is 29.3 Å². The summed E-state index contributed by atoms with van der Waals surface area (Å²) in [5.41, 5.74) is 1.37. The summed E-state index contributed by atoms with van der Waals surface area (Å²) >= 11 is 0. The summed E-state index contributed by atoms with van der Waals surface area (Å²) in [6.45, 7) is 9.91. The number of carbonyl (C=O) groups is 1. The van der Waals surface area contributed by atoms with E-state index in [1.54, 1.807) is 0 Å². The molecule has 0 aliphatic carbocycles. The number of hydrogen-bond acceptors (Lipinski definition) is 4. The Morgan fingerprint density at radius 1 is 1.45 bits per heavy atom. The average Bonchev–Trinajstić information content (AvgIpc) is 2.59. The lowest BCUT2D eigenvalue weighted by Gasteiger charge is -2.21. The molecule has 5 nitrogen and oxygen atoms in total. The van der Waals surface area contributed by atoms with Gasteiger partial charge >= 0.3 is 6.09 Å². The molecule has 1 aromatic rings. The number of carbonyl (C=O) groups excluding carboxylic acids is 1. The molecule has 0 spiro atoms. The van der Waals surface area contributed by atoms with Crippen molar-refractivity contribution in [2.24, 2.45) is 0 Å². The molecule has 20 heavy (non-hydrogen) atoms. The highest BCUT2D eigenvalue weighted by atomic mass is 16.6. The third-order valence-corrected chi connectivity index (χ3v) is 3.12. The first-order valence-electron chi connectivity index (χ1n) is 6.87. The smallest absolute Gasteiger partial charge is 0.407 e. The Bertz CT molecular complexity index is 508. The number of pyridine rings is 1. The number of rotatable bonds is 2. The topological polar surface area (TPSA) is 60.5 Å². The van der Waals surface area contributed by atoms with Gasteiger partial charge in [0.1, 0.15) is 17.5 Å². The van der Waals surface area contributed by atoms with Gasteiger partial charge in [0.15, 0.2) is 0 Å². The summed E-state index contributed by atoms with van der Waals surface area (Å²) < 4.78 is 11.0. The lowest BCUT2D eigenvalue weighted by atomic mass is 10.0. The van der Waals surface area contributed by atoms with Gasteiger partial charge in [-0.1, -0.05) is 0 Å². The van der Waals surface area contributed by atoms with Gasteiger partial charge in [0, 0.05) is 12.2 Å². The van der Waals surface area contributed by atoms with Crippen LogP contribution in [-0.2, 0) is 4.74 Å². The van der Waals surface area contributed by atoms with Crippen LogP contribution in [0.15, 0.2) is 12.1 Å². The molecule has 2 heterocycles. The van der Waals surface area contributed by atoms with Crippen LogP contribution >= 0.6 is 0 Å². The largest absolute Gasteiger partial charge is 0.488 e. The highest BCUT2D eigenvalue weighted by molar-refractivity contribution is 5.67. The summed E-state index contributed by atoms with van der Waals surface area (Å²) in [5, 5.41) is 2.79. The fourth-order valence-corrected chi connectivity index (χ4v) is 2.20. The number of alkyl carbamates (subject to hydrolysis) is 1. The quantitative estimate of drug-likeness (QED) is 0.903. The lowest BCUT2D eigenvalue weighted by Crippen LogP contribution is -2.36. The van der Waals surface area contributed by atoms with Crippen molar-refractivity contribution < 1.29 is 14.3 Å². The molecule has 1 amide bonds. The maximum atomic E-state index is 11.7. The number of amides is 1. The first kappa shape index (κ1) is 14.6. The molecule has 0 saturated heterocycles. The molecule has 0 saturated carbocycles. The Labute approximate surface area is 119 Å². The third kappa shape index (κ3) is 3.40. The van der Waals surface area contributed by atoms with Crippen LogP contribution in [0.3, 0.4) is 0 Å². The Morgan fingerprint density at radius 2 is 2.15 bits per heavy atom. The molecule has 0 unspecified atom stereocenters. The summed E-state index contributed by atoms with van der Waals surface area (Å²) in [6, 6.07) is 3.86. The summed E-state index contributed by atoms with van der Waals surface area (Å²) in [4.78, 5) is 16.2. The Hall–Kier alpha value is -1.78. The average molecular weight is 278 g/mol. The van der Waals surface area contributed by atoms with E-state index in [9.17, 15) is 4.79 Å². The number of ether oxygens (including phenoxy) is 2. The van der Waals surface area contributed by atoms with Gasteiger partial charge in [-0.15, -0.1) is 0 Å². The zero-order valence-electron chi connectivity index (χ0n) is 12.7. The number of hydrogen-bond donors (Lipinski definition) is 1. The number of fused-ring (bicyclic) bond motifs is 1. The summed E-state index contributed by atoms with van der Waals surface area (Å²) in [5.74, 6) is 0.858. The molecular weight excluding hydrogens is 256 g/mol. The molecule has 0 fully saturated rings. The van der Waals surface area contributed by atoms with Crippen LogP contribution in [0.2, 0.25) is 0 Å². The molecule has 0 radical (unpaired) electrons. The highest BCUT2D eigenvalue weighted by Crippen LogP contribution is 2.36. The van der Waals surface area contributed by atoms with E-state index < -0.39 is 11.7 Å². The molecule has 0 aromatic carbocycles. The lowest BCUT2D eigenvalue weighted by molar-refractivity contribution is 0.0519. The van der Waals surface area contributed by atoms with E-state index in [0.29, 0.717) is 6.54 Å². The van der Waals surface area contributed by atoms with Crippen molar-refractivity contribution in [1.82, 2.24) is 10.3 Å². The van der Waals surface area contributed by atoms with Crippen LogP contribution in [0.25, 0.3) is 0 Å². The molecule has 1 aromatic heterocycles. The second-order valence-corrected chi connectivity index (χ2v) is 6.15. The molecule has 1 aliphatic heterocycles.